The first-order chi connectivity index (χ1) is 9.08. The molecule has 0 saturated heterocycles. The molecule has 0 amide bonds. The minimum Gasteiger partial charge on any atom is -0.464 e. The number of ether oxygens (including phenoxy) is 1. The van der Waals surface area contributed by atoms with E-state index in [1.165, 1.54) is 0 Å². The van der Waals surface area contributed by atoms with Crippen molar-refractivity contribution in [2.45, 2.75) is 25.8 Å². The van der Waals surface area contributed by atoms with Gasteiger partial charge in [-0.1, -0.05) is 11.6 Å². The Bertz CT molecular complexity index is 610. The average Bonchev–Trinajstić information content (AvgIpc) is 2.75. The number of halogens is 2. The molecule has 1 heterocycles. The summed E-state index contributed by atoms with van der Waals surface area (Å²) in [5.41, 5.74) is 1.54. The second-order valence-electron chi connectivity index (χ2n) is 4.09. The van der Waals surface area contributed by atoms with Crippen LogP contribution in [0.1, 0.15) is 25.7 Å². The molecule has 2 rings (SSSR count). The summed E-state index contributed by atoms with van der Waals surface area (Å²) < 4.78 is 6.81. The molecule has 0 aliphatic heterocycles. The van der Waals surface area contributed by atoms with Gasteiger partial charge in [-0.05, 0) is 32.0 Å². The minimum absolute atomic E-state index is 0.218. The van der Waals surface area contributed by atoms with Crippen molar-refractivity contribution >= 4 is 40.2 Å². The van der Waals surface area contributed by atoms with Crippen LogP contribution >= 0.6 is 23.2 Å². The van der Waals surface area contributed by atoms with Crippen LogP contribution in [0, 0.1) is 0 Å². The quantitative estimate of drug-likeness (QED) is 0.640. The number of rotatable bonds is 4. The van der Waals surface area contributed by atoms with Crippen molar-refractivity contribution in [3.05, 3.63) is 29.0 Å². The van der Waals surface area contributed by atoms with Crippen molar-refractivity contribution in [1.82, 2.24) is 9.55 Å². The molecule has 1 atom stereocenters. The zero-order valence-corrected chi connectivity index (χ0v) is 12.2. The molecule has 1 aromatic heterocycles. The van der Waals surface area contributed by atoms with E-state index in [1.807, 2.05) is 6.07 Å². The Labute approximate surface area is 121 Å². The fourth-order valence-electron chi connectivity index (χ4n) is 2.01. The van der Waals surface area contributed by atoms with E-state index >= 15 is 0 Å². The zero-order chi connectivity index (χ0) is 14.0. The van der Waals surface area contributed by atoms with E-state index in [1.54, 1.807) is 30.5 Å². The highest BCUT2D eigenvalue weighted by atomic mass is 35.5. The van der Waals surface area contributed by atoms with Crippen molar-refractivity contribution in [3.8, 4) is 0 Å². The molecule has 102 valence electrons. The van der Waals surface area contributed by atoms with Crippen molar-refractivity contribution in [2.75, 3.05) is 6.61 Å². The molecular weight excluding hydrogens is 287 g/mol. The lowest BCUT2D eigenvalue weighted by Gasteiger charge is -2.15. The van der Waals surface area contributed by atoms with Crippen LogP contribution in [0.15, 0.2) is 18.2 Å². The van der Waals surface area contributed by atoms with Gasteiger partial charge < -0.3 is 9.30 Å². The lowest BCUT2D eigenvalue weighted by atomic mass is 10.2. The lowest BCUT2D eigenvalue weighted by Crippen LogP contribution is -2.20. The molecule has 19 heavy (non-hydrogen) atoms. The van der Waals surface area contributed by atoms with Crippen molar-refractivity contribution < 1.29 is 9.53 Å². The van der Waals surface area contributed by atoms with E-state index in [9.17, 15) is 4.79 Å². The van der Waals surface area contributed by atoms with E-state index in [-0.39, 0.29) is 11.8 Å². The molecule has 0 N–H and O–H groups in total. The van der Waals surface area contributed by atoms with Crippen LogP contribution in [0.25, 0.3) is 11.0 Å². The third-order valence-electron chi connectivity index (χ3n) is 2.86. The smallest absolute Gasteiger partial charge is 0.328 e. The van der Waals surface area contributed by atoms with E-state index in [0.717, 1.165) is 11.0 Å². The van der Waals surface area contributed by atoms with Crippen LogP contribution in [0.4, 0.5) is 0 Å². The Kier molecular flexibility index (Phi) is 4.32. The molecule has 4 nitrogen and oxygen atoms in total. The molecular formula is C13H14Cl2N2O2. The summed E-state index contributed by atoms with van der Waals surface area (Å²) in [6, 6.07) is 4.85. The van der Waals surface area contributed by atoms with Gasteiger partial charge >= 0.3 is 5.97 Å². The van der Waals surface area contributed by atoms with Crippen LogP contribution in [-0.2, 0) is 15.4 Å². The van der Waals surface area contributed by atoms with Gasteiger partial charge in [0.25, 0.3) is 0 Å². The maximum Gasteiger partial charge on any atom is 0.328 e. The summed E-state index contributed by atoms with van der Waals surface area (Å²) in [5, 5.41) is 0.589. The maximum atomic E-state index is 11.9. The topological polar surface area (TPSA) is 44.1 Å². The van der Waals surface area contributed by atoms with Gasteiger partial charge in [0.15, 0.2) is 0 Å². The van der Waals surface area contributed by atoms with Crippen molar-refractivity contribution in [3.63, 3.8) is 0 Å². The lowest BCUT2D eigenvalue weighted by molar-refractivity contribution is -0.146. The highest BCUT2D eigenvalue weighted by Gasteiger charge is 2.22. The fourth-order valence-corrected chi connectivity index (χ4v) is 2.37. The number of carbonyl (C=O) groups excluding carboxylic acids is 1. The van der Waals surface area contributed by atoms with E-state index in [0.29, 0.717) is 17.5 Å². The van der Waals surface area contributed by atoms with E-state index in [4.69, 9.17) is 27.9 Å². The standard InChI is InChI=1S/C13H14Cl2N2O2/c1-3-19-13(18)8(2)17-11-6-9(15)4-5-10(11)16-12(17)7-14/h4-6,8H,3,7H2,1-2H3. The monoisotopic (exact) mass is 300 g/mol. The SMILES string of the molecule is CCOC(=O)C(C)n1c(CCl)nc2ccc(Cl)cc21. The summed E-state index contributed by atoms with van der Waals surface area (Å²) in [4.78, 5) is 16.3. The normalized spacial score (nSPS) is 12.6. The summed E-state index contributed by atoms with van der Waals surface area (Å²) in [5.74, 6) is 0.531. The fraction of sp³-hybridized carbons (Fsp3) is 0.385. The number of imidazole rings is 1. The number of nitrogens with zero attached hydrogens (tertiary/aromatic N) is 2. The van der Waals surface area contributed by atoms with Gasteiger partial charge in [0.1, 0.15) is 11.9 Å². The van der Waals surface area contributed by atoms with Crippen molar-refractivity contribution in [2.24, 2.45) is 0 Å². The van der Waals surface area contributed by atoms with Crippen molar-refractivity contribution in [1.29, 1.82) is 0 Å². The van der Waals surface area contributed by atoms with Gasteiger partial charge in [0.2, 0.25) is 0 Å². The predicted octanol–water partition coefficient (Wildman–Crippen LogP) is 3.55. The van der Waals surface area contributed by atoms with Gasteiger partial charge in [-0.3, -0.25) is 0 Å². The molecule has 1 aromatic carbocycles. The van der Waals surface area contributed by atoms with Gasteiger partial charge in [-0.25, -0.2) is 9.78 Å². The van der Waals surface area contributed by atoms with Crippen LogP contribution in [0.5, 0.6) is 0 Å². The van der Waals surface area contributed by atoms with Gasteiger partial charge in [0, 0.05) is 5.02 Å². The molecule has 1 unspecified atom stereocenters. The largest absolute Gasteiger partial charge is 0.464 e. The summed E-state index contributed by atoms with van der Waals surface area (Å²) in [7, 11) is 0. The van der Waals surface area contributed by atoms with Gasteiger partial charge in [-0.15, -0.1) is 11.6 Å². The molecule has 0 fully saturated rings. The Morgan fingerprint density at radius 2 is 2.26 bits per heavy atom. The molecule has 0 aliphatic rings. The molecule has 0 saturated carbocycles. The number of hydrogen-bond donors (Lipinski definition) is 0. The summed E-state index contributed by atoms with van der Waals surface area (Å²) >= 11 is 11.9. The van der Waals surface area contributed by atoms with Crippen LogP contribution in [-0.4, -0.2) is 22.1 Å². The second-order valence-corrected chi connectivity index (χ2v) is 4.80. The Hall–Kier alpha value is -1.26. The highest BCUT2D eigenvalue weighted by Crippen LogP contribution is 2.25. The molecule has 2 aromatic rings. The summed E-state index contributed by atoms with van der Waals surface area (Å²) in [6.45, 7) is 3.87. The zero-order valence-electron chi connectivity index (χ0n) is 10.7. The second kappa shape index (κ2) is 5.80. The number of alkyl halides is 1. The van der Waals surface area contributed by atoms with Crippen LogP contribution in [0.3, 0.4) is 0 Å². The number of aromatic nitrogens is 2. The molecule has 0 aliphatic carbocycles. The summed E-state index contributed by atoms with van der Waals surface area (Å²) in [6.07, 6.45) is 0. The number of esters is 1. The predicted molar refractivity (Wildman–Crippen MR) is 75.6 cm³/mol. The van der Waals surface area contributed by atoms with E-state index in [2.05, 4.69) is 4.98 Å². The number of hydrogen-bond acceptors (Lipinski definition) is 3. The first-order valence-corrected chi connectivity index (χ1v) is 6.88. The van der Waals surface area contributed by atoms with Crippen LogP contribution in [0.2, 0.25) is 5.02 Å². The first kappa shape index (κ1) is 14.2. The Morgan fingerprint density at radius 3 is 2.89 bits per heavy atom. The number of fused-ring (bicyclic) bond motifs is 1. The van der Waals surface area contributed by atoms with E-state index < -0.39 is 6.04 Å². The minimum atomic E-state index is -0.489. The number of benzene rings is 1. The third kappa shape index (κ3) is 2.69. The number of carbonyl (C=O) groups is 1. The maximum absolute atomic E-state index is 11.9. The molecule has 0 bridgehead atoms. The molecule has 0 spiro atoms. The molecule has 6 heteroatoms. The third-order valence-corrected chi connectivity index (χ3v) is 3.33. The Balaban J connectivity index is 2.56. The highest BCUT2D eigenvalue weighted by molar-refractivity contribution is 6.31. The van der Waals surface area contributed by atoms with Gasteiger partial charge in [0.05, 0.1) is 23.5 Å². The Morgan fingerprint density at radius 1 is 1.53 bits per heavy atom. The van der Waals surface area contributed by atoms with Gasteiger partial charge in [-0.2, -0.15) is 0 Å². The molecule has 0 radical (unpaired) electrons. The average molecular weight is 301 g/mol. The first-order valence-electron chi connectivity index (χ1n) is 5.97. The van der Waals surface area contributed by atoms with Crippen LogP contribution < -0.4 is 0 Å².